The van der Waals surface area contributed by atoms with Gasteiger partial charge in [0.15, 0.2) is 0 Å². The number of carbonyl (C=O) groups is 5. The predicted octanol–water partition coefficient (Wildman–Crippen LogP) is 1.15. The lowest BCUT2D eigenvalue weighted by Crippen LogP contribution is -2.47. The maximum atomic E-state index is 12.3. The molecule has 1 unspecified atom stereocenters. The van der Waals surface area contributed by atoms with Crippen molar-refractivity contribution >= 4 is 35.2 Å². The number of hydrogen-bond donors (Lipinski definition) is 3. The molecule has 34 heavy (non-hydrogen) atoms. The van der Waals surface area contributed by atoms with Gasteiger partial charge in [-0.1, -0.05) is 42.5 Å². The maximum absolute atomic E-state index is 12.3. The summed E-state index contributed by atoms with van der Waals surface area (Å²) in [7, 11) is 0. The van der Waals surface area contributed by atoms with E-state index in [-0.39, 0.29) is 19.5 Å². The van der Waals surface area contributed by atoms with Gasteiger partial charge in [-0.15, -0.1) is 0 Å². The highest BCUT2D eigenvalue weighted by Gasteiger charge is 2.24. The molecule has 9 nitrogen and oxygen atoms in total. The fraction of sp³-hybridized carbons (Fsp3) is 0.240. The Kier molecular flexibility index (Phi) is 8.28. The van der Waals surface area contributed by atoms with Gasteiger partial charge in [0.05, 0.1) is 6.54 Å². The van der Waals surface area contributed by atoms with Crippen molar-refractivity contribution in [2.75, 3.05) is 18.4 Å². The van der Waals surface area contributed by atoms with Crippen molar-refractivity contribution in [3.63, 3.8) is 0 Å². The molecule has 9 heteroatoms. The minimum absolute atomic E-state index is 0.0728. The van der Waals surface area contributed by atoms with Gasteiger partial charge in [-0.05, 0) is 36.6 Å². The van der Waals surface area contributed by atoms with Gasteiger partial charge in [-0.25, -0.2) is 0 Å². The summed E-state index contributed by atoms with van der Waals surface area (Å²) in [5.41, 5.74) is 2.82. The summed E-state index contributed by atoms with van der Waals surface area (Å²) in [6, 6.07) is 16.5. The van der Waals surface area contributed by atoms with Crippen LogP contribution >= 0.6 is 0 Å². The molecule has 1 heterocycles. The van der Waals surface area contributed by atoms with E-state index in [0.29, 0.717) is 5.69 Å². The standard InChI is InChI=1S/C25H26N4O5/c1-17(27-21(30)12-13-29-23(32)10-11-24(29)33)25(34)26-16-22(31)28-20-9-5-8-19(15-20)14-18-6-3-2-4-7-18/h2-11,15,17H,12-14,16H2,1H3,(H,26,34)(H,27,30)(H,28,31). The fourth-order valence-electron chi connectivity index (χ4n) is 3.36. The molecule has 0 aromatic heterocycles. The van der Waals surface area contributed by atoms with Gasteiger partial charge >= 0.3 is 0 Å². The van der Waals surface area contributed by atoms with Crippen LogP contribution < -0.4 is 16.0 Å². The van der Waals surface area contributed by atoms with Crippen LogP contribution in [-0.4, -0.2) is 53.6 Å². The third kappa shape index (κ3) is 7.13. The van der Waals surface area contributed by atoms with Gasteiger partial charge in [0.25, 0.3) is 11.8 Å². The first-order chi connectivity index (χ1) is 16.3. The smallest absolute Gasteiger partial charge is 0.253 e. The number of benzene rings is 2. The third-order valence-electron chi connectivity index (χ3n) is 5.12. The topological polar surface area (TPSA) is 125 Å². The molecule has 2 aromatic rings. The predicted molar refractivity (Wildman–Crippen MR) is 125 cm³/mol. The van der Waals surface area contributed by atoms with Crippen molar-refractivity contribution in [3.8, 4) is 0 Å². The lowest BCUT2D eigenvalue weighted by Gasteiger charge is -2.16. The zero-order chi connectivity index (χ0) is 24.5. The van der Waals surface area contributed by atoms with E-state index in [0.717, 1.165) is 34.6 Å². The van der Waals surface area contributed by atoms with Gasteiger partial charge in [0.1, 0.15) is 6.04 Å². The van der Waals surface area contributed by atoms with Crippen LogP contribution in [-0.2, 0) is 30.4 Å². The molecule has 2 aromatic carbocycles. The summed E-state index contributed by atoms with van der Waals surface area (Å²) in [5.74, 6) is -2.37. The Balaban J connectivity index is 1.39. The van der Waals surface area contributed by atoms with E-state index in [1.54, 1.807) is 6.07 Å². The molecular weight excluding hydrogens is 436 g/mol. The molecule has 3 N–H and O–H groups in total. The van der Waals surface area contributed by atoms with E-state index in [9.17, 15) is 24.0 Å². The van der Waals surface area contributed by atoms with E-state index >= 15 is 0 Å². The molecule has 0 saturated heterocycles. The Morgan fingerprint density at radius 1 is 0.882 bits per heavy atom. The number of hydrogen-bond acceptors (Lipinski definition) is 5. The lowest BCUT2D eigenvalue weighted by atomic mass is 10.0. The van der Waals surface area contributed by atoms with E-state index in [1.165, 1.54) is 6.92 Å². The SMILES string of the molecule is CC(NC(=O)CCN1C(=O)C=CC1=O)C(=O)NCC(=O)Nc1cccc(Cc2ccccc2)c1. The Bertz CT molecular complexity index is 1100. The summed E-state index contributed by atoms with van der Waals surface area (Å²) < 4.78 is 0. The molecule has 176 valence electrons. The summed E-state index contributed by atoms with van der Waals surface area (Å²) in [4.78, 5) is 60.4. The number of carbonyl (C=O) groups excluding carboxylic acids is 5. The van der Waals surface area contributed by atoms with Crippen LogP contribution in [0.1, 0.15) is 24.5 Å². The molecule has 0 bridgehead atoms. The minimum Gasteiger partial charge on any atom is -0.345 e. The molecule has 1 aliphatic heterocycles. The molecular formula is C25H26N4O5. The zero-order valence-electron chi connectivity index (χ0n) is 18.7. The molecule has 0 fully saturated rings. The summed E-state index contributed by atoms with van der Waals surface area (Å²) in [5, 5.41) is 7.71. The Morgan fingerprint density at radius 2 is 1.56 bits per heavy atom. The van der Waals surface area contributed by atoms with Gasteiger partial charge in [-0.2, -0.15) is 0 Å². The number of rotatable bonds is 10. The highest BCUT2D eigenvalue weighted by molar-refractivity contribution is 6.13. The molecule has 0 spiro atoms. The van der Waals surface area contributed by atoms with Gasteiger partial charge in [0, 0.05) is 30.8 Å². The average molecular weight is 463 g/mol. The average Bonchev–Trinajstić information content (AvgIpc) is 3.14. The second kappa shape index (κ2) is 11.6. The molecule has 0 aliphatic carbocycles. The minimum atomic E-state index is -0.891. The maximum Gasteiger partial charge on any atom is 0.253 e. The van der Waals surface area contributed by atoms with Gasteiger partial charge in [0.2, 0.25) is 17.7 Å². The Labute approximate surface area is 197 Å². The van der Waals surface area contributed by atoms with Crippen LogP contribution in [0.3, 0.4) is 0 Å². The monoisotopic (exact) mass is 462 g/mol. The van der Waals surface area contributed by atoms with Crippen LogP contribution in [0.15, 0.2) is 66.7 Å². The van der Waals surface area contributed by atoms with Crippen molar-refractivity contribution in [2.45, 2.75) is 25.8 Å². The van der Waals surface area contributed by atoms with Crippen molar-refractivity contribution in [2.24, 2.45) is 0 Å². The summed E-state index contributed by atoms with van der Waals surface area (Å²) in [6.07, 6.45) is 2.88. The van der Waals surface area contributed by atoms with E-state index in [1.807, 2.05) is 48.5 Å². The van der Waals surface area contributed by atoms with E-state index in [2.05, 4.69) is 16.0 Å². The number of anilines is 1. The van der Waals surface area contributed by atoms with Crippen molar-refractivity contribution in [1.82, 2.24) is 15.5 Å². The van der Waals surface area contributed by atoms with Crippen molar-refractivity contribution in [1.29, 1.82) is 0 Å². The molecule has 1 atom stereocenters. The lowest BCUT2D eigenvalue weighted by molar-refractivity contribution is -0.137. The second-order valence-electron chi connectivity index (χ2n) is 7.83. The largest absolute Gasteiger partial charge is 0.345 e. The van der Waals surface area contributed by atoms with Crippen LogP contribution in [0.25, 0.3) is 0 Å². The van der Waals surface area contributed by atoms with E-state index < -0.39 is 35.6 Å². The second-order valence-corrected chi connectivity index (χ2v) is 7.83. The number of imide groups is 1. The normalized spacial score (nSPS) is 13.5. The van der Waals surface area contributed by atoms with Crippen LogP contribution in [0.5, 0.6) is 0 Å². The molecule has 5 amide bonds. The number of nitrogens with one attached hydrogen (secondary N) is 3. The Hall–Kier alpha value is -4.27. The molecule has 0 radical (unpaired) electrons. The molecule has 0 saturated carbocycles. The van der Waals surface area contributed by atoms with Crippen LogP contribution in [0, 0.1) is 0 Å². The molecule has 3 rings (SSSR count). The summed E-state index contributed by atoms with van der Waals surface area (Å²) in [6.45, 7) is 1.15. The van der Waals surface area contributed by atoms with Crippen LogP contribution in [0.4, 0.5) is 5.69 Å². The highest BCUT2D eigenvalue weighted by Crippen LogP contribution is 2.14. The first-order valence-corrected chi connectivity index (χ1v) is 10.8. The van der Waals surface area contributed by atoms with Crippen molar-refractivity contribution < 1.29 is 24.0 Å². The van der Waals surface area contributed by atoms with E-state index in [4.69, 9.17) is 0 Å². The zero-order valence-corrected chi connectivity index (χ0v) is 18.7. The first kappa shape index (κ1) is 24.4. The molecule has 1 aliphatic rings. The Morgan fingerprint density at radius 3 is 2.26 bits per heavy atom. The highest BCUT2D eigenvalue weighted by atomic mass is 16.2. The summed E-state index contributed by atoms with van der Waals surface area (Å²) >= 11 is 0. The number of nitrogens with zero attached hydrogens (tertiary/aromatic N) is 1. The third-order valence-corrected chi connectivity index (χ3v) is 5.12. The van der Waals surface area contributed by atoms with Gasteiger partial charge < -0.3 is 16.0 Å². The van der Waals surface area contributed by atoms with Crippen LogP contribution in [0.2, 0.25) is 0 Å². The first-order valence-electron chi connectivity index (χ1n) is 10.8. The van der Waals surface area contributed by atoms with Crippen molar-refractivity contribution in [3.05, 3.63) is 77.9 Å². The quantitative estimate of drug-likeness (QED) is 0.457. The fourth-order valence-corrected chi connectivity index (χ4v) is 3.36. The number of amides is 5. The van der Waals surface area contributed by atoms with Gasteiger partial charge in [-0.3, -0.25) is 28.9 Å².